The monoisotopic (exact) mass is 520 g/mol. The fourth-order valence-electron chi connectivity index (χ4n) is 2.81. The van der Waals surface area contributed by atoms with Crippen molar-refractivity contribution in [3.8, 4) is 17.6 Å². The summed E-state index contributed by atoms with van der Waals surface area (Å²) in [5, 5.41) is 21.0. The second kappa shape index (κ2) is 10.9. The number of esters is 1. The first kappa shape index (κ1) is 24.2. The summed E-state index contributed by atoms with van der Waals surface area (Å²) >= 11 is 3.33. The Balaban J connectivity index is 1.84. The maximum Gasteiger partial charge on any atom is 0.343 e. The van der Waals surface area contributed by atoms with Crippen molar-refractivity contribution in [2.75, 3.05) is 12.4 Å². The lowest BCUT2D eigenvalue weighted by molar-refractivity contribution is -0.112. The standard InChI is InChI=1S/C25H17BrN2O6/c1-33-21-9-4-16(5-10-21)25(32)34-22-11-6-19(26)13-17(22)12-18(14-27)23(29)28-20-7-2-15(3-8-20)24(30)31/h2-13H,1H3,(H,28,29)(H,30,31)/b18-12+. The number of methoxy groups -OCH3 is 1. The van der Waals surface area contributed by atoms with Crippen molar-refractivity contribution in [2.45, 2.75) is 0 Å². The van der Waals surface area contributed by atoms with E-state index in [0.29, 0.717) is 27.0 Å². The van der Waals surface area contributed by atoms with E-state index in [4.69, 9.17) is 14.6 Å². The number of anilines is 1. The summed E-state index contributed by atoms with van der Waals surface area (Å²) in [7, 11) is 1.52. The molecule has 0 spiro atoms. The molecule has 0 bridgehead atoms. The van der Waals surface area contributed by atoms with Gasteiger partial charge in [0.05, 0.1) is 18.2 Å². The minimum Gasteiger partial charge on any atom is -0.497 e. The maximum atomic E-state index is 12.6. The SMILES string of the molecule is COc1ccc(C(=O)Oc2ccc(Br)cc2/C=C(\C#N)C(=O)Nc2ccc(C(=O)O)cc2)cc1. The lowest BCUT2D eigenvalue weighted by atomic mass is 10.1. The van der Waals surface area contributed by atoms with Gasteiger partial charge in [-0.1, -0.05) is 15.9 Å². The zero-order valence-electron chi connectivity index (χ0n) is 17.7. The second-order valence-electron chi connectivity index (χ2n) is 6.81. The Hall–Kier alpha value is -4.42. The summed E-state index contributed by atoms with van der Waals surface area (Å²) in [6.45, 7) is 0. The molecule has 0 atom stereocenters. The third kappa shape index (κ3) is 6.09. The molecule has 0 aliphatic carbocycles. The highest BCUT2D eigenvalue weighted by atomic mass is 79.9. The summed E-state index contributed by atoms with van der Waals surface area (Å²) in [5.74, 6) is -1.69. The molecular weight excluding hydrogens is 504 g/mol. The summed E-state index contributed by atoms with van der Waals surface area (Å²) in [6, 6.07) is 18.5. The van der Waals surface area contributed by atoms with Crippen LogP contribution in [0.15, 0.2) is 76.8 Å². The highest BCUT2D eigenvalue weighted by molar-refractivity contribution is 9.10. The number of aromatic carboxylic acids is 1. The number of carboxylic acid groups (broad SMARTS) is 1. The van der Waals surface area contributed by atoms with Gasteiger partial charge in [0.25, 0.3) is 5.91 Å². The van der Waals surface area contributed by atoms with E-state index in [1.54, 1.807) is 36.4 Å². The molecular formula is C25H17BrN2O6. The number of nitriles is 1. The summed E-state index contributed by atoms with van der Waals surface area (Å²) in [4.78, 5) is 36.2. The average Bonchev–Trinajstić information content (AvgIpc) is 2.84. The van der Waals surface area contributed by atoms with Crippen LogP contribution >= 0.6 is 15.9 Å². The van der Waals surface area contributed by atoms with Gasteiger partial charge < -0.3 is 19.9 Å². The zero-order valence-corrected chi connectivity index (χ0v) is 19.3. The number of halogens is 1. The van der Waals surface area contributed by atoms with Crippen LogP contribution in [0.2, 0.25) is 0 Å². The van der Waals surface area contributed by atoms with E-state index < -0.39 is 17.8 Å². The lowest BCUT2D eigenvalue weighted by Gasteiger charge is -2.10. The molecule has 0 fully saturated rings. The predicted molar refractivity (Wildman–Crippen MR) is 128 cm³/mol. The van der Waals surface area contributed by atoms with Crippen molar-refractivity contribution >= 4 is 45.5 Å². The first-order valence-electron chi connectivity index (χ1n) is 9.73. The molecule has 170 valence electrons. The minimum absolute atomic E-state index is 0.0616. The first-order chi connectivity index (χ1) is 16.3. The van der Waals surface area contributed by atoms with Crippen molar-refractivity contribution in [1.29, 1.82) is 5.26 Å². The summed E-state index contributed by atoms with van der Waals surface area (Å²) < 4.78 is 11.2. The number of benzene rings is 3. The van der Waals surface area contributed by atoms with Gasteiger partial charge in [-0.15, -0.1) is 0 Å². The Morgan fingerprint density at radius 2 is 1.65 bits per heavy atom. The molecule has 0 saturated carbocycles. The molecule has 0 unspecified atom stereocenters. The summed E-state index contributed by atoms with van der Waals surface area (Å²) in [6.07, 6.45) is 1.29. The number of carbonyl (C=O) groups is 3. The number of carbonyl (C=O) groups excluding carboxylic acids is 2. The van der Waals surface area contributed by atoms with E-state index >= 15 is 0 Å². The van der Waals surface area contributed by atoms with Crippen LogP contribution in [0.3, 0.4) is 0 Å². The van der Waals surface area contributed by atoms with E-state index in [1.807, 2.05) is 6.07 Å². The molecule has 0 heterocycles. The molecule has 34 heavy (non-hydrogen) atoms. The Kier molecular flexibility index (Phi) is 7.79. The lowest BCUT2D eigenvalue weighted by Crippen LogP contribution is -2.14. The smallest absolute Gasteiger partial charge is 0.343 e. The van der Waals surface area contributed by atoms with Crippen molar-refractivity contribution in [3.05, 3.63) is 93.5 Å². The average molecular weight is 521 g/mol. The van der Waals surface area contributed by atoms with Gasteiger partial charge >= 0.3 is 11.9 Å². The van der Waals surface area contributed by atoms with Gasteiger partial charge in [0, 0.05) is 15.7 Å². The Morgan fingerprint density at radius 1 is 1.00 bits per heavy atom. The van der Waals surface area contributed by atoms with Gasteiger partial charge in [-0.3, -0.25) is 4.79 Å². The van der Waals surface area contributed by atoms with Crippen molar-refractivity contribution in [3.63, 3.8) is 0 Å². The molecule has 0 saturated heterocycles. The highest BCUT2D eigenvalue weighted by Crippen LogP contribution is 2.27. The molecule has 2 N–H and O–H groups in total. The number of ether oxygens (including phenoxy) is 2. The van der Waals surface area contributed by atoms with E-state index in [9.17, 15) is 19.6 Å². The van der Waals surface area contributed by atoms with Crippen LogP contribution in [0, 0.1) is 11.3 Å². The number of carboxylic acids is 1. The van der Waals surface area contributed by atoms with Crippen LogP contribution in [-0.2, 0) is 4.79 Å². The second-order valence-corrected chi connectivity index (χ2v) is 7.72. The topological polar surface area (TPSA) is 126 Å². The number of rotatable bonds is 7. The van der Waals surface area contributed by atoms with Gasteiger partial charge in [-0.2, -0.15) is 5.26 Å². The predicted octanol–water partition coefficient (Wildman–Crippen LogP) is 4.92. The van der Waals surface area contributed by atoms with Gasteiger partial charge in [0.15, 0.2) is 0 Å². The first-order valence-corrected chi connectivity index (χ1v) is 10.5. The molecule has 9 heteroatoms. The molecule has 3 aromatic rings. The highest BCUT2D eigenvalue weighted by Gasteiger charge is 2.15. The Morgan fingerprint density at radius 3 is 2.24 bits per heavy atom. The quantitative estimate of drug-likeness (QED) is 0.196. The summed E-state index contributed by atoms with van der Waals surface area (Å²) in [5.41, 5.74) is 0.746. The molecule has 0 aliphatic rings. The largest absolute Gasteiger partial charge is 0.497 e. The van der Waals surface area contributed by atoms with Gasteiger partial charge in [0.2, 0.25) is 0 Å². The van der Waals surface area contributed by atoms with Crippen LogP contribution in [0.5, 0.6) is 11.5 Å². The van der Waals surface area contributed by atoms with Crippen LogP contribution < -0.4 is 14.8 Å². The molecule has 1 amide bonds. The van der Waals surface area contributed by atoms with E-state index in [1.165, 1.54) is 43.5 Å². The van der Waals surface area contributed by atoms with E-state index in [0.717, 1.165) is 0 Å². The van der Waals surface area contributed by atoms with E-state index in [-0.39, 0.29) is 16.9 Å². The van der Waals surface area contributed by atoms with Crippen molar-refractivity contribution in [1.82, 2.24) is 0 Å². The molecule has 3 rings (SSSR count). The molecule has 0 aliphatic heterocycles. The third-order valence-corrected chi connectivity index (χ3v) is 5.05. The van der Waals surface area contributed by atoms with Crippen LogP contribution in [0.1, 0.15) is 26.3 Å². The van der Waals surface area contributed by atoms with Crippen LogP contribution in [-0.4, -0.2) is 30.1 Å². The van der Waals surface area contributed by atoms with Crippen LogP contribution in [0.4, 0.5) is 5.69 Å². The molecule has 0 radical (unpaired) electrons. The maximum absolute atomic E-state index is 12.6. The number of amides is 1. The molecule has 0 aromatic heterocycles. The normalized spacial score (nSPS) is 10.7. The fourth-order valence-corrected chi connectivity index (χ4v) is 3.19. The van der Waals surface area contributed by atoms with E-state index in [2.05, 4.69) is 21.2 Å². The Labute approximate surface area is 203 Å². The van der Waals surface area contributed by atoms with Gasteiger partial charge in [-0.25, -0.2) is 9.59 Å². The molecule has 8 nitrogen and oxygen atoms in total. The zero-order chi connectivity index (χ0) is 24.7. The van der Waals surface area contributed by atoms with Crippen molar-refractivity contribution in [2.24, 2.45) is 0 Å². The number of nitrogens with zero attached hydrogens (tertiary/aromatic N) is 1. The minimum atomic E-state index is -1.10. The fraction of sp³-hybridized carbons (Fsp3) is 0.0400. The Bertz CT molecular complexity index is 1310. The third-order valence-electron chi connectivity index (χ3n) is 4.55. The van der Waals surface area contributed by atoms with Gasteiger partial charge in [-0.05, 0) is 72.8 Å². The number of hydrogen-bond donors (Lipinski definition) is 2. The number of hydrogen-bond acceptors (Lipinski definition) is 6. The molecule has 3 aromatic carbocycles. The van der Waals surface area contributed by atoms with Crippen molar-refractivity contribution < 1.29 is 29.0 Å². The van der Waals surface area contributed by atoms with Crippen LogP contribution in [0.25, 0.3) is 6.08 Å². The van der Waals surface area contributed by atoms with Gasteiger partial charge in [0.1, 0.15) is 23.1 Å². The number of nitrogens with one attached hydrogen (secondary N) is 1.